The first-order valence-corrected chi connectivity index (χ1v) is 16.6. The summed E-state index contributed by atoms with van der Waals surface area (Å²) >= 11 is 0. The lowest BCUT2D eigenvalue weighted by Gasteiger charge is -2.28. The standard InChI is InChI=1S/C29H40F2N5O8P/c1-5-40-24-22-23(33-19(3)34-24)36(17-32-22)27-28(4,30)26(38)29(31,43-27)16-41-45(39,44-21-14-10-7-11-15-21)35-18(2)25(37)42-20-12-8-6-9-13-20/h7,10-11,14-15,17-18,20,24,26-27,38H,5-6,8-9,12-13,16H2,1-4H3,(H,33,34)(H,35,39)/t18?,24?,26-,27+,28+,29+,45?/m0/s1. The first-order chi connectivity index (χ1) is 21.3. The third kappa shape index (κ3) is 7.23. The normalized spacial score (nSPS) is 30.5. The molecule has 7 atom stereocenters. The molecule has 16 heteroatoms. The summed E-state index contributed by atoms with van der Waals surface area (Å²) in [6.07, 6.45) is 0.453. The van der Waals surface area contributed by atoms with Crippen molar-refractivity contribution in [3.63, 3.8) is 0 Å². The van der Waals surface area contributed by atoms with Crippen molar-refractivity contribution in [2.45, 2.75) is 102 Å². The molecule has 2 aliphatic heterocycles. The lowest BCUT2D eigenvalue weighted by molar-refractivity contribution is -0.203. The van der Waals surface area contributed by atoms with Gasteiger partial charge < -0.3 is 29.2 Å². The van der Waals surface area contributed by atoms with Crippen molar-refractivity contribution in [1.82, 2.24) is 14.6 Å². The molecule has 3 aliphatic rings. The van der Waals surface area contributed by atoms with Gasteiger partial charge in [0.25, 0.3) is 5.85 Å². The molecule has 1 saturated carbocycles. The quantitative estimate of drug-likeness (QED) is 0.207. The fraction of sp³-hybridized carbons (Fsp3) is 0.621. The number of rotatable bonds is 12. The summed E-state index contributed by atoms with van der Waals surface area (Å²) < 4.78 is 75.5. The first kappa shape index (κ1) is 33.4. The van der Waals surface area contributed by atoms with Gasteiger partial charge in [-0.1, -0.05) is 24.6 Å². The Hall–Kier alpha value is -2.94. The van der Waals surface area contributed by atoms with Crippen LogP contribution in [0.15, 0.2) is 41.7 Å². The highest BCUT2D eigenvalue weighted by molar-refractivity contribution is 7.52. The number of nitrogens with one attached hydrogen (secondary N) is 2. The molecular weight excluding hydrogens is 615 g/mol. The highest BCUT2D eigenvalue weighted by atomic mass is 31.2. The topological polar surface area (TPSA) is 155 Å². The summed E-state index contributed by atoms with van der Waals surface area (Å²) in [6, 6.07) is 6.72. The van der Waals surface area contributed by atoms with E-state index in [1.165, 1.54) is 30.0 Å². The number of carbonyl (C=O) groups excluding carboxylic acids is 1. The molecule has 45 heavy (non-hydrogen) atoms. The molecule has 1 aromatic heterocycles. The van der Waals surface area contributed by atoms with E-state index in [4.69, 9.17) is 23.3 Å². The van der Waals surface area contributed by atoms with Crippen molar-refractivity contribution in [2.24, 2.45) is 4.99 Å². The number of imidazole rings is 1. The summed E-state index contributed by atoms with van der Waals surface area (Å²) in [5.41, 5.74) is -2.39. The maximum absolute atomic E-state index is 16.4. The summed E-state index contributed by atoms with van der Waals surface area (Å²) in [6.45, 7) is 4.94. The zero-order valence-corrected chi connectivity index (χ0v) is 26.5. The minimum atomic E-state index is -4.56. The molecule has 3 unspecified atom stereocenters. The molecule has 0 spiro atoms. The van der Waals surface area contributed by atoms with E-state index in [1.807, 2.05) is 0 Å². The van der Waals surface area contributed by atoms with Crippen LogP contribution >= 0.6 is 7.75 Å². The third-order valence-corrected chi connectivity index (χ3v) is 9.54. The number of aliphatic hydroxyl groups excluding tert-OH is 1. The number of hydrogen-bond acceptors (Lipinski definition) is 11. The number of ether oxygens (including phenoxy) is 3. The number of hydrogen-bond donors (Lipinski definition) is 3. The van der Waals surface area contributed by atoms with Crippen LogP contribution in [-0.4, -0.2) is 69.4 Å². The zero-order valence-electron chi connectivity index (χ0n) is 25.7. The summed E-state index contributed by atoms with van der Waals surface area (Å²) in [4.78, 5) is 21.4. The van der Waals surface area contributed by atoms with Gasteiger partial charge in [0.15, 0.2) is 24.2 Å². The summed E-state index contributed by atoms with van der Waals surface area (Å²) in [7, 11) is -4.56. The third-order valence-electron chi connectivity index (χ3n) is 7.92. The fourth-order valence-electron chi connectivity index (χ4n) is 5.56. The Morgan fingerprint density at radius 2 is 1.98 bits per heavy atom. The predicted octanol–water partition coefficient (Wildman–Crippen LogP) is 5.10. The van der Waals surface area contributed by atoms with Crippen molar-refractivity contribution in [3.05, 3.63) is 42.4 Å². The number of aliphatic imine (C=N–C) groups is 1. The molecule has 0 radical (unpaired) electrons. The average molecular weight is 656 g/mol. The molecular formula is C29H40F2N5O8P. The molecule has 2 aromatic rings. The van der Waals surface area contributed by atoms with E-state index in [9.17, 15) is 14.5 Å². The minimum Gasteiger partial charge on any atom is -0.461 e. The second kappa shape index (κ2) is 13.4. The van der Waals surface area contributed by atoms with Crippen LogP contribution in [-0.2, 0) is 28.1 Å². The van der Waals surface area contributed by atoms with E-state index < -0.39 is 56.4 Å². The van der Waals surface area contributed by atoms with Crippen LogP contribution < -0.4 is 14.9 Å². The molecule has 3 N–H and O–H groups in total. The van der Waals surface area contributed by atoms with E-state index in [-0.39, 0.29) is 17.7 Å². The van der Waals surface area contributed by atoms with Crippen molar-refractivity contribution in [1.29, 1.82) is 0 Å². The number of aromatic nitrogens is 2. The second-order valence-electron chi connectivity index (χ2n) is 11.6. The van der Waals surface area contributed by atoms with Crippen LogP contribution in [0.25, 0.3) is 0 Å². The average Bonchev–Trinajstić information content (AvgIpc) is 3.50. The molecule has 5 rings (SSSR count). The van der Waals surface area contributed by atoms with Crippen LogP contribution in [0.4, 0.5) is 14.6 Å². The Bertz CT molecular complexity index is 1420. The first-order valence-electron chi connectivity index (χ1n) is 15.1. The summed E-state index contributed by atoms with van der Waals surface area (Å²) in [5.74, 6) is -3.11. The number of halogens is 2. The van der Waals surface area contributed by atoms with Crippen LogP contribution in [0, 0.1) is 0 Å². The molecule has 0 amide bonds. The van der Waals surface area contributed by atoms with Gasteiger partial charge in [-0.2, -0.15) is 5.09 Å². The van der Waals surface area contributed by atoms with Gasteiger partial charge in [-0.05, 0) is 65.5 Å². The van der Waals surface area contributed by atoms with E-state index in [0.717, 1.165) is 39.0 Å². The van der Waals surface area contributed by atoms with Crippen LogP contribution in [0.3, 0.4) is 0 Å². The van der Waals surface area contributed by atoms with Gasteiger partial charge >= 0.3 is 13.7 Å². The van der Waals surface area contributed by atoms with Crippen molar-refractivity contribution < 1.29 is 46.5 Å². The largest absolute Gasteiger partial charge is 0.461 e. The number of esters is 1. The number of fused-ring (bicyclic) bond motifs is 1. The lowest BCUT2D eigenvalue weighted by Crippen LogP contribution is -2.47. The molecule has 13 nitrogen and oxygen atoms in total. The monoisotopic (exact) mass is 655 g/mol. The number of anilines is 1. The number of aliphatic hydroxyl groups is 1. The van der Waals surface area contributed by atoms with E-state index in [2.05, 4.69) is 20.4 Å². The van der Waals surface area contributed by atoms with Crippen LogP contribution in [0.5, 0.6) is 5.75 Å². The van der Waals surface area contributed by atoms with Gasteiger partial charge in [0.05, 0.1) is 6.33 Å². The van der Waals surface area contributed by atoms with Gasteiger partial charge in [0.1, 0.15) is 41.8 Å². The highest BCUT2D eigenvalue weighted by Crippen LogP contribution is 2.52. The van der Waals surface area contributed by atoms with Crippen molar-refractivity contribution >= 4 is 25.4 Å². The van der Waals surface area contributed by atoms with E-state index >= 15 is 8.78 Å². The number of benzene rings is 1. The molecule has 1 aromatic carbocycles. The molecule has 3 heterocycles. The fourth-order valence-corrected chi connectivity index (χ4v) is 7.07. The lowest BCUT2D eigenvalue weighted by atomic mass is 9.97. The summed E-state index contributed by atoms with van der Waals surface area (Å²) in [5, 5.41) is 16.4. The smallest absolute Gasteiger partial charge is 0.459 e. The zero-order chi connectivity index (χ0) is 32.4. The maximum atomic E-state index is 16.4. The Morgan fingerprint density at radius 3 is 2.67 bits per heavy atom. The van der Waals surface area contributed by atoms with Crippen LogP contribution in [0.2, 0.25) is 0 Å². The molecule has 1 aliphatic carbocycles. The molecule has 1 saturated heterocycles. The Balaban J connectivity index is 1.34. The second-order valence-corrected chi connectivity index (χ2v) is 13.3. The van der Waals surface area contributed by atoms with Crippen LogP contribution in [0.1, 0.15) is 77.9 Å². The Kier molecular flexibility index (Phi) is 9.97. The van der Waals surface area contributed by atoms with E-state index in [1.54, 1.807) is 32.0 Å². The van der Waals surface area contributed by atoms with Gasteiger partial charge in [-0.3, -0.25) is 13.9 Å². The highest BCUT2D eigenvalue weighted by Gasteiger charge is 2.65. The number of alkyl halides is 2. The van der Waals surface area contributed by atoms with Crippen molar-refractivity contribution in [3.8, 4) is 5.75 Å². The van der Waals surface area contributed by atoms with E-state index in [0.29, 0.717) is 18.1 Å². The number of carbonyl (C=O) groups is 1. The van der Waals surface area contributed by atoms with Gasteiger partial charge in [-0.15, -0.1) is 0 Å². The molecule has 2 fully saturated rings. The molecule has 248 valence electrons. The number of amidine groups is 1. The number of nitrogens with zero attached hydrogens (tertiary/aromatic N) is 3. The minimum absolute atomic E-state index is 0.0900. The van der Waals surface area contributed by atoms with Gasteiger partial charge in [0.2, 0.25) is 0 Å². The predicted molar refractivity (Wildman–Crippen MR) is 159 cm³/mol. The number of para-hydroxylation sites is 1. The SMILES string of the molecule is CCOC1N=C(C)Nc2c1ncn2[C@@H]1O[C@](F)(COP(=O)(NC(C)C(=O)OC2CCCCC2)Oc2ccccc2)[C@@H](O)[C@@]1(C)F. The van der Waals surface area contributed by atoms with Gasteiger partial charge in [-0.25, -0.2) is 23.3 Å². The Labute approximate surface area is 260 Å². The van der Waals surface area contributed by atoms with Gasteiger partial charge in [0, 0.05) is 6.61 Å². The molecule has 0 bridgehead atoms. The maximum Gasteiger partial charge on any atom is 0.459 e. The Morgan fingerprint density at radius 1 is 1.27 bits per heavy atom. The van der Waals surface area contributed by atoms with Crippen molar-refractivity contribution in [2.75, 3.05) is 18.5 Å².